The molecule has 2 N–H and O–H groups in total. The lowest BCUT2D eigenvalue weighted by Gasteiger charge is -2.08. The first-order chi connectivity index (χ1) is 14.4. The lowest BCUT2D eigenvalue weighted by molar-refractivity contribution is 0.101. The summed E-state index contributed by atoms with van der Waals surface area (Å²) >= 11 is 0. The molecule has 0 saturated carbocycles. The van der Waals surface area contributed by atoms with E-state index in [1.54, 1.807) is 22.7 Å². The molecule has 0 unspecified atom stereocenters. The third-order valence-corrected chi connectivity index (χ3v) is 4.99. The van der Waals surface area contributed by atoms with Gasteiger partial charge in [-0.15, -0.1) is 0 Å². The van der Waals surface area contributed by atoms with E-state index in [1.807, 2.05) is 69.3 Å². The molecule has 0 radical (unpaired) electrons. The number of pyridine rings is 1. The largest absolute Gasteiger partial charge is 0.320 e. The van der Waals surface area contributed by atoms with E-state index in [-0.39, 0.29) is 23.3 Å². The molecule has 2 heterocycles. The summed E-state index contributed by atoms with van der Waals surface area (Å²) in [6, 6.07) is 18.7. The zero-order valence-corrected chi connectivity index (χ0v) is 17.1. The number of imidazole rings is 1. The van der Waals surface area contributed by atoms with Crippen LogP contribution >= 0.6 is 0 Å². The van der Waals surface area contributed by atoms with Crippen LogP contribution in [0.2, 0.25) is 0 Å². The van der Waals surface area contributed by atoms with Gasteiger partial charge in [-0.05, 0) is 56.2 Å². The third-order valence-electron chi connectivity index (χ3n) is 4.99. The molecule has 0 aliphatic carbocycles. The van der Waals surface area contributed by atoms with E-state index in [4.69, 9.17) is 0 Å². The molecular formula is C24H22N4O2. The first-order valence-electron chi connectivity index (χ1n) is 9.66. The Morgan fingerprint density at radius 2 is 1.50 bits per heavy atom. The fraction of sp³-hybridized carbons (Fsp3) is 0.125. The van der Waals surface area contributed by atoms with E-state index in [9.17, 15) is 9.59 Å². The summed E-state index contributed by atoms with van der Waals surface area (Å²) in [6.07, 6.45) is 1.73. The molecule has 2 aromatic heterocycles. The maximum absolute atomic E-state index is 13.0. The highest BCUT2D eigenvalue weighted by Gasteiger charge is 2.22. The van der Waals surface area contributed by atoms with Crippen LogP contribution in [0, 0.1) is 20.8 Å². The van der Waals surface area contributed by atoms with Crippen molar-refractivity contribution in [3.63, 3.8) is 0 Å². The van der Waals surface area contributed by atoms with E-state index >= 15 is 0 Å². The number of carbonyl (C=O) groups excluding carboxylic acids is 2. The van der Waals surface area contributed by atoms with Crippen molar-refractivity contribution in [2.75, 3.05) is 10.6 Å². The zero-order chi connectivity index (χ0) is 21.3. The minimum absolute atomic E-state index is 0.153. The molecule has 0 bridgehead atoms. The normalized spacial score (nSPS) is 10.8. The van der Waals surface area contributed by atoms with Crippen molar-refractivity contribution < 1.29 is 9.59 Å². The molecule has 150 valence electrons. The topological polar surface area (TPSA) is 75.5 Å². The fourth-order valence-corrected chi connectivity index (χ4v) is 3.39. The van der Waals surface area contributed by atoms with Crippen LogP contribution < -0.4 is 10.6 Å². The fourth-order valence-electron chi connectivity index (χ4n) is 3.39. The van der Waals surface area contributed by atoms with Gasteiger partial charge in [-0.2, -0.15) is 0 Å². The molecule has 0 saturated heterocycles. The molecule has 30 heavy (non-hydrogen) atoms. The third kappa shape index (κ3) is 3.67. The molecule has 2 amide bonds. The van der Waals surface area contributed by atoms with Gasteiger partial charge in [0.05, 0.1) is 5.52 Å². The molecule has 6 heteroatoms. The molecule has 6 nitrogen and oxygen atoms in total. The number of nitrogens with one attached hydrogen (secondary N) is 2. The number of hydrogen-bond donors (Lipinski definition) is 2. The highest BCUT2D eigenvalue weighted by Crippen LogP contribution is 2.20. The van der Waals surface area contributed by atoms with Crippen molar-refractivity contribution >= 4 is 28.7 Å². The number of nitrogens with zero attached hydrogens (tertiary/aromatic N) is 2. The molecule has 0 atom stereocenters. The van der Waals surface area contributed by atoms with E-state index in [0.717, 1.165) is 16.7 Å². The lowest BCUT2D eigenvalue weighted by atomic mass is 10.1. The first-order valence-corrected chi connectivity index (χ1v) is 9.66. The molecule has 4 rings (SSSR count). The number of amides is 2. The predicted octanol–water partition coefficient (Wildman–Crippen LogP) is 4.76. The number of aromatic nitrogens is 2. The minimum Gasteiger partial charge on any atom is -0.320 e. The number of rotatable bonds is 4. The highest BCUT2D eigenvalue weighted by atomic mass is 16.2. The van der Waals surface area contributed by atoms with Gasteiger partial charge in [0, 0.05) is 17.6 Å². The Morgan fingerprint density at radius 3 is 2.27 bits per heavy atom. The number of benzene rings is 2. The van der Waals surface area contributed by atoms with Crippen molar-refractivity contribution in [2.45, 2.75) is 20.8 Å². The summed E-state index contributed by atoms with van der Waals surface area (Å²) in [7, 11) is 0. The van der Waals surface area contributed by atoms with Crippen molar-refractivity contribution in [1.82, 2.24) is 9.38 Å². The van der Waals surface area contributed by atoms with Crippen LogP contribution in [0.25, 0.3) is 5.52 Å². The number of aryl methyl sites for hydroxylation is 3. The van der Waals surface area contributed by atoms with Gasteiger partial charge in [0.1, 0.15) is 0 Å². The number of anilines is 2. The van der Waals surface area contributed by atoms with Gasteiger partial charge < -0.3 is 10.6 Å². The van der Waals surface area contributed by atoms with Crippen molar-refractivity contribution in [1.29, 1.82) is 0 Å². The predicted molar refractivity (Wildman–Crippen MR) is 118 cm³/mol. The van der Waals surface area contributed by atoms with E-state index in [0.29, 0.717) is 16.9 Å². The second kappa shape index (κ2) is 7.83. The average molecular weight is 398 g/mol. The summed E-state index contributed by atoms with van der Waals surface area (Å²) in [5.74, 6) is -0.586. The van der Waals surface area contributed by atoms with Crippen LogP contribution in [-0.4, -0.2) is 21.2 Å². The second-order valence-electron chi connectivity index (χ2n) is 7.28. The first kappa shape index (κ1) is 19.4. The van der Waals surface area contributed by atoms with E-state index in [2.05, 4.69) is 15.6 Å². The molecule has 0 aliphatic rings. The number of fused-ring (bicyclic) bond motifs is 1. The minimum atomic E-state index is -0.377. The van der Waals surface area contributed by atoms with Gasteiger partial charge >= 0.3 is 0 Å². The molecule has 2 aromatic carbocycles. The van der Waals surface area contributed by atoms with Gasteiger partial charge in [0.25, 0.3) is 11.8 Å². The molecule has 0 fully saturated rings. The lowest BCUT2D eigenvalue weighted by Crippen LogP contribution is -2.17. The Hall–Kier alpha value is -3.93. The van der Waals surface area contributed by atoms with Crippen LogP contribution in [0.15, 0.2) is 66.9 Å². The molecule has 0 aliphatic heterocycles. The Bertz CT molecular complexity index is 1270. The summed E-state index contributed by atoms with van der Waals surface area (Å²) in [4.78, 5) is 30.3. The quantitative estimate of drug-likeness (QED) is 0.520. The monoisotopic (exact) mass is 398 g/mol. The zero-order valence-electron chi connectivity index (χ0n) is 17.1. The number of para-hydroxylation sites is 1. The van der Waals surface area contributed by atoms with Crippen LogP contribution in [-0.2, 0) is 0 Å². The summed E-state index contributed by atoms with van der Waals surface area (Å²) in [5.41, 5.74) is 5.21. The Kier molecular flexibility index (Phi) is 5.06. The van der Waals surface area contributed by atoms with Gasteiger partial charge in [-0.25, -0.2) is 4.98 Å². The molecular weight excluding hydrogens is 376 g/mol. The second-order valence-corrected chi connectivity index (χ2v) is 7.28. The number of carbonyl (C=O) groups is 2. The van der Waals surface area contributed by atoms with Crippen molar-refractivity contribution in [3.8, 4) is 0 Å². The standard InChI is InChI=1S/C24H22N4O2/c1-15-11-12-19(17(3)14-15)26-24(30)22-27-21(20-10-6-7-13-28(20)22)23(29)25-18-9-5-4-8-16(18)2/h4-14H,1-3H3,(H,25,29)(H,26,30). The SMILES string of the molecule is Cc1ccc(NC(=O)c2nc(C(=O)Nc3ccccc3C)c3ccccn23)c(C)c1. The Labute approximate surface area is 174 Å². The smallest absolute Gasteiger partial charge is 0.292 e. The molecule has 0 spiro atoms. The summed E-state index contributed by atoms with van der Waals surface area (Å²) < 4.78 is 1.63. The highest BCUT2D eigenvalue weighted by molar-refractivity contribution is 6.10. The van der Waals surface area contributed by atoms with Gasteiger partial charge in [-0.3, -0.25) is 14.0 Å². The Morgan fingerprint density at radius 1 is 0.800 bits per heavy atom. The van der Waals surface area contributed by atoms with Crippen LogP contribution in [0.4, 0.5) is 11.4 Å². The van der Waals surface area contributed by atoms with Crippen LogP contribution in [0.3, 0.4) is 0 Å². The van der Waals surface area contributed by atoms with Gasteiger partial charge in [0.2, 0.25) is 5.82 Å². The van der Waals surface area contributed by atoms with E-state index < -0.39 is 0 Å². The maximum Gasteiger partial charge on any atom is 0.292 e. The van der Waals surface area contributed by atoms with E-state index in [1.165, 1.54) is 0 Å². The van der Waals surface area contributed by atoms with Crippen molar-refractivity contribution in [2.24, 2.45) is 0 Å². The van der Waals surface area contributed by atoms with Gasteiger partial charge in [0.15, 0.2) is 5.69 Å². The number of hydrogen-bond acceptors (Lipinski definition) is 3. The van der Waals surface area contributed by atoms with Crippen LogP contribution in [0.1, 0.15) is 37.8 Å². The van der Waals surface area contributed by atoms with Crippen LogP contribution in [0.5, 0.6) is 0 Å². The maximum atomic E-state index is 13.0. The summed E-state index contributed by atoms with van der Waals surface area (Å²) in [5, 5.41) is 5.79. The average Bonchev–Trinajstić information content (AvgIpc) is 3.12. The Balaban J connectivity index is 1.69. The molecule has 4 aromatic rings. The van der Waals surface area contributed by atoms with Gasteiger partial charge in [-0.1, -0.05) is 42.0 Å². The van der Waals surface area contributed by atoms with Crippen molar-refractivity contribution in [3.05, 3.63) is 95.1 Å². The summed E-state index contributed by atoms with van der Waals surface area (Å²) in [6.45, 7) is 5.86.